The number of nitrogens with zero attached hydrogens (tertiary/aromatic N) is 5. The zero-order valence-electron chi connectivity index (χ0n) is 21.9. The molecule has 36 heavy (non-hydrogen) atoms. The summed E-state index contributed by atoms with van der Waals surface area (Å²) < 4.78 is 52.5. The Morgan fingerprint density at radius 3 is 2.67 bits per heavy atom. The number of alkyl halides is 1. The number of carbonyl (C=O) groups is 1. The van der Waals surface area contributed by atoms with Gasteiger partial charge in [-0.1, -0.05) is 32.5 Å². The van der Waals surface area contributed by atoms with Gasteiger partial charge in [-0.2, -0.15) is 0 Å². The van der Waals surface area contributed by atoms with Gasteiger partial charge in [0.2, 0.25) is 0 Å². The number of carbonyl (C=O) groups excluding carboxylic acids is 1. The van der Waals surface area contributed by atoms with Crippen LogP contribution in [0.25, 0.3) is 11.2 Å². The summed E-state index contributed by atoms with van der Waals surface area (Å²) in [7, 11) is 2.03. The van der Waals surface area contributed by atoms with Crippen LogP contribution in [0, 0.1) is 12.3 Å². The van der Waals surface area contributed by atoms with E-state index in [0.717, 1.165) is 11.8 Å². The number of hydrogen-bond donors (Lipinski definition) is 0. The molecule has 3 rings (SSSR count). The van der Waals surface area contributed by atoms with Crippen molar-refractivity contribution >= 4 is 42.1 Å². The number of halogens is 1. The maximum absolute atomic E-state index is 16.3. The van der Waals surface area contributed by atoms with Crippen LogP contribution in [0.15, 0.2) is 6.33 Å². The summed E-state index contributed by atoms with van der Waals surface area (Å²) in [5, 5.41) is -0.000699. The Hall–Kier alpha value is -1.63. The van der Waals surface area contributed by atoms with Crippen LogP contribution in [-0.4, -0.2) is 82.7 Å². The van der Waals surface area contributed by atoms with Crippen LogP contribution in [-0.2, 0) is 27.9 Å². The lowest BCUT2D eigenvalue weighted by Gasteiger charge is -2.27. The number of fused-ring (bicyclic) bond motifs is 1. The zero-order chi connectivity index (χ0) is 26.8. The predicted octanol–water partition coefficient (Wildman–Crippen LogP) is 3.57. The number of hydrogen-bond acceptors (Lipinski definition) is 11. The maximum atomic E-state index is 16.3. The SMILES string of the molecule is COC[C@H]1O[C@@H](n2cnc3c(N(C)C)nc(C)nc32)[C@](C)(F)[C@@H]1O[PH](=O)OCCSC(=O)C(C)(C)C. The van der Waals surface area contributed by atoms with E-state index in [4.69, 9.17) is 18.5 Å². The first-order valence-electron chi connectivity index (χ1n) is 11.5. The summed E-state index contributed by atoms with van der Waals surface area (Å²) in [5.74, 6) is 1.40. The van der Waals surface area contributed by atoms with E-state index in [1.165, 1.54) is 24.9 Å². The van der Waals surface area contributed by atoms with E-state index in [2.05, 4.69) is 15.0 Å². The Morgan fingerprint density at radius 1 is 1.36 bits per heavy atom. The van der Waals surface area contributed by atoms with Crippen molar-refractivity contribution < 1.29 is 32.3 Å². The monoisotopic (exact) mass is 547 g/mol. The molecule has 0 N–H and O–H groups in total. The number of rotatable bonds is 10. The van der Waals surface area contributed by atoms with E-state index in [9.17, 15) is 9.36 Å². The van der Waals surface area contributed by atoms with Crippen LogP contribution in [0.5, 0.6) is 0 Å². The third kappa shape index (κ3) is 6.25. The molecule has 1 saturated heterocycles. The third-order valence-electron chi connectivity index (χ3n) is 5.57. The summed E-state index contributed by atoms with van der Waals surface area (Å²) in [6, 6.07) is 0. The molecule has 0 radical (unpaired) electrons. The highest BCUT2D eigenvalue weighted by Gasteiger charge is 2.57. The predicted molar refractivity (Wildman–Crippen MR) is 136 cm³/mol. The fourth-order valence-corrected chi connectivity index (χ4v) is 5.66. The fraction of sp³-hybridized carbons (Fsp3) is 0.727. The van der Waals surface area contributed by atoms with E-state index in [1.807, 2.05) is 34.9 Å². The summed E-state index contributed by atoms with van der Waals surface area (Å²) in [6.07, 6.45) is -1.83. The molecule has 0 amide bonds. The van der Waals surface area contributed by atoms with Gasteiger partial charge in [-0.15, -0.1) is 0 Å². The topological polar surface area (TPSA) is 118 Å². The van der Waals surface area contributed by atoms with Crippen LogP contribution >= 0.6 is 20.0 Å². The Labute approximate surface area is 215 Å². The van der Waals surface area contributed by atoms with Gasteiger partial charge >= 0.3 is 8.25 Å². The zero-order valence-corrected chi connectivity index (χ0v) is 23.7. The number of imidazole rings is 1. The van der Waals surface area contributed by atoms with Crippen LogP contribution < -0.4 is 4.90 Å². The highest BCUT2D eigenvalue weighted by atomic mass is 32.2. The smallest absolute Gasteiger partial charge is 0.319 e. The summed E-state index contributed by atoms with van der Waals surface area (Å²) in [6.45, 7) is 8.55. The molecule has 1 unspecified atom stereocenters. The van der Waals surface area contributed by atoms with Gasteiger partial charge in [0.1, 0.15) is 18.0 Å². The van der Waals surface area contributed by atoms with Crippen molar-refractivity contribution in [1.29, 1.82) is 0 Å². The molecular weight excluding hydrogens is 512 g/mol. The molecule has 0 bridgehead atoms. The lowest BCUT2D eigenvalue weighted by Crippen LogP contribution is -2.41. The van der Waals surface area contributed by atoms with Crippen molar-refractivity contribution in [3.05, 3.63) is 12.2 Å². The number of aryl methyl sites for hydroxylation is 1. The summed E-state index contributed by atoms with van der Waals surface area (Å²) >= 11 is 1.09. The van der Waals surface area contributed by atoms with Gasteiger partial charge in [0.25, 0.3) is 0 Å². The molecule has 0 aliphatic carbocycles. The Morgan fingerprint density at radius 2 is 2.06 bits per heavy atom. The average molecular weight is 548 g/mol. The van der Waals surface area contributed by atoms with Crippen molar-refractivity contribution in [3.8, 4) is 0 Å². The van der Waals surface area contributed by atoms with Gasteiger partial charge in [-0.25, -0.2) is 19.3 Å². The number of thioether (sulfide) groups is 1. The van der Waals surface area contributed by atoms with E-state index >= 15 is 4.39 Å². The Kier molecular flexibility index (Phi) is 9.17. The third-order valence-corrected chi connectivity index (χ3v) is 7.71. The molecule has 2 aromatic rings. The first kappa shape index (κ1) is 28.9. The Balaban J connectivity index is 1.77. The minimum atomic E-state index is -3.09. The molecule has 11 nitrogen and oxygen atoms in total. The van der Waals surface area contributed by atoms with E-state index < -0.39 is 37.8 Å². The van der Waals surface area contributed by atoms with Crippen molar-refractivity contribution in [2.75, 3.05) is 45.1 Å². The standard InChI is InChI=1S/C22H35FN5O6PS/c1-13-25-17(27(6)7)15-18(26-13)28(12-24-15)19-22(5,23)16(14(33-19)11-31-8)34-35(30)32-9-10-36-20(29)21(2,3)4/h12,14,16,19,35H,9-11H2,1-8H3/t14-,16-,19-,22-/m1/s1. The molecule has 5 atom stereocenters. The minimum Gasteiger partial charge on any atom is -0.382 e. The van der Waals surface area contributed by atoms with Crippen molar-refractivity contribution in [2.45, 2.75) is 58.7 Å². The lowest BCUT2D eigenvalue weighted by molar-refractivity contribution is -0.117. The molecule has 14 heteroatoms. The van der Waals surface area contributed by atoms with Gasteiger partial charge in [0.15, 0.2) is 34.0 Å². The van der Waals surface area contributed by atoms with Crippen LogP contribution in [0.2, 0.25) is 0 Å². The van der Waals surface area contributed by atoms with E-state index in [1.54, 1.807) is 11.8 Å². The van der Waals surface area contributed by atoms with Crippen molar-refractivity contribution in [2.24, 2.45) is 5.41 Å². The molecule has 1 aliphatic heterocycles. The maximum Gasteiger partial charge on any atom is 0.319 e. The number of ether oxygens (including phenoxy) is 2. The first-order chi connectivity index (χ1) is 16.8. The lowest BCUT2D eigenvalue weighted by atomic mass is 9.98. The van der Waals surface area contributed by atoms with Crippen LogP contribution in [0.4, 0.5) is 10.2 Å². The molecular formula is C22H35FN5O6PS. The number of aromatic nitrogens is 4. The first-order valence-corrected chi connectivity index (χ1v) is 13.7. The van der Waals surface area contributed by atoms with E-state index in [-0.39, 0.29) is 18.3 Å². The molecule has 202 valence electrons. The van der Waals surface area contributed by atoms with Crippen LogP contribution in [0.1, 0.15) is 39.7 Å². The second-order valence-electron chi connectivity index (χ2n) is 9.97. The largest absolute Gasteiger partial charge is 0.382 e. The molecule has 3 heterocycles. The van der Waals surface area contributed by atoms with Crippen LogP contribution in [0.3, 0.4) is 0 Å². The number of anilines is 1. The molecule has 0 spiro atoms. The summed E-state index contributed by atoms with van der Waals surface area (Å²) in [5.41, 5.74) is -1.72. The molecule has 0 saturated carbocycles. The van der Waals surface area contributed by atoms with Gasteiger partial charge in [-0.3, -0.25) is 13.9 Å². The molecule has 1 aliphatic rings. The quantitative estimate of drug-likeness (QED) is 0.321. The van der Waals surface area contributed by atoms with Gasteiger partial charge in [0, 0.05) is 32.4 Å². The minimum absolute atomic E-state index is 0.000699. The normalized spacial score (nSPS) is 25.4. The van der Waals surface area contributed by atoms with Crippen molar-refractivity contribution in [3.63, 3.8) is 0 Å². The highest BCUT2D eigenvalue weighted by Crippen LogP contribution is 2.47. The van der Waals surface area contributed by atoms with Crippen molar-refractivity contribution in [1.82, 2.24) is 19.5 Å². The van der Waals surface area contributed by atoms with Gasteiger partial charge in [0.05, 0.1) is 19.5 Å². The average Bonchev–Trinajstić information content (AvgIpc) is 3.28. The molecule has 0 aromatic carbocycles. The van der Waals surface area contributed by atoms with Gasteiger partial charge < -0.3 is 23.4 Å². The van der Waals surface area contributed by atoms with Gasteiger partial charge in [-0.05, 0) is 13.8 Å². The number of methoxy groups -OCH3 is 1. The molecule has 1 fully saturated rings. The van der Waals surface area contributed by atoms with E-state index in [0.29, 0.717) is 28.6 Å². The summed E-state index contributed by atoms with van der Waals surface area (Å²) in [4.78, 5) is 27.1. The fourth-order valence-electron chi connectivity index (χ4n) is 3.80. The molecule has 2 aromatic heterocycles. The highest BCUT2D eigenvalue weighted by molar-refractivity contribution is 8.13. The second kappa shape index (κ2) is 11.4. The second-order valence-corrected chi connectivity index (χ2v) is 12.1. The Bertz CT molecular complexity index is 1110.